The maximum absolute atomic E-state index is 10.5. The number of aliphatic carboxylic acids is 1. The maximum Gasteiger partial charge on any atom is 0.320 e. The van der Waals surface area contributed by atoms with Crippen molar-refractivity contribution in [2.75, 3.05) is 11.5 Å². The first-order chi connectivity index (χ1) is 6.50. The van der Waals surface area contributed by atoms with Crippen molar-refractivity contribution in [3.8, 4) is 0 Å². The van der Waals surface area contributed by atoms with Gasteiger partial charge in [0.2, 0.25) is 0 Å². The zero-order valence-electron chi connectivity index (χ0n) is 7.60. The van der Waals surface area contributed by atoms with Gasteiger partial charge in [-0.2, -0.15) is 0 Å². The van der Waals surface area contributed by atoms with Crippen molar-refractivity contribution in [2.45, 2.75) is 12.5 Å². The number of anilines is 2. The molecule has 7 N–H and O–H groups in total. The number of carboxylic acid groups (broad SMARTS) is 1. The van der Waals surface area contributed by atoms with Gasteiger partial charge < -0.3 is 22.3 Å². The standard InChI is InChI=1S/C9H13N3O2/c10-6-2-1-5(3-7(6)11)4-8(12)9(13)14/h1-3,8H,4,10-12H2,(H,13,14)/t8-/m0/s1. The third kappa shape index (κ3) is 2.37. The topological polar surface area (TPSA) is 115 Å². The van der Waals surface area contributed by atoms with E-state index in [1.165, 1.54) is 0 Å². The van der Waals surface area contributed by atoms with Crippen LogP contribution in [0.2, 0.25) is 0 Å². The molecule has 0 bridgehead atoms. The molecule has 0 fully saturated rings. The normalized spacial score (nSPS) is 12.4. The van der Waals surface area contributed by atoms with Crippen LogP contribution in [-0.4, -0.2) is 17.1 Å². The highest BCUT2D eigenvalue weighted by atomic mass is 16.4. The first-order valence-electron chi connectivity index (χ1n) is 4.13. The highest BCUT2D eigenvalue weighted by molar-refractivity contribution is 5.74. The first-order valence-corrected chi connectivity index (χ1v) is 4.13. The molecule has 0 aliphatic rings. The molecule has 1 aromatic carbocycles. The molecule has 0 aliphatic carbocycles. The molecule has 0 heterocycles. The van der Waals surface area contributed by atoms with Crippen molar-refractivity contribution >= 4 is 17.3 Å². The van der Waals surface area contributed by atoms with Gasteiger partial charge in [-0.3, -0.25) is 4.79 Å². The summed E-state index contributed by atoms with van der Waals surface area (Å²) in [4.78, 5) is 10.5. The zero-order valence-corrected chi connectivity index (χ0v) is 7.60. The van der Waals surface area contributed by atoms with Gasteiger partial charge >= 0.3 is 5.97 Å². The third-order valence-corrected chi connectivity index (χ3v) is 1.92. The van der Waals surface area contributed by atoms with Gasteiger partial charge in [-0.25, -0.2) is 0 Å². The summed E-state index contributed by atoms with van der Waals surface area (Å²) in [5.74, 6) is -1.03. The van der Waals surface area contributed by atoms with Crippen molar-refractivity contribution in [1.29, 1.82) is 0 Å². The summed E-state index contributed by atoms with van der Waals surface area (Å²) in [5, 5.41) is 8.59. The van der Waals surface area contributed by atoms with Gasteiger partial charge in [0.15, 0.2) is 0 Å². The number of hydrogen-bond donors (Lipinski definition) is 4. The SMILES string of the molecule is Nc1ccc(C[C@H](N)C(=O)O)cc1N. The van der Waals surface area contributed by atoms with E-state index in [1.54, 1.807) is 18.2 Å². The molecule has 0 aliphatic heterocycles. The van der Waals surface area contributed by atoms with E-state index in [-0.39, 0.29) is 6.42 Å². The van der Waals surface area contributed by atoms with Crippen molar-refractivity contribution < 1.29 is 9.90 Å². The maximum atomic E-state index is 10.5. The van der Waals surface area contributed by atoms with Crippen LogP contribution in [0, 0.1) is 0 Å². The molecule has 0 aromatic heterocycles. The van der Waals surface area contributed by atoms with E-state index >= 15 is 0 Å². The van der Waals surface area contributed by atoms with E-state index < -0.39 is 12.0 Å². The fraction of sp³-hybridized carbons (Fsp3) is 0.222. The van der Waals surface area contributed by atoms with Gasteiger partial charge in [0.1, 0.15) is 6.04 Å². The van der Waals surface area contributed by atoms with Gasteiger partial charge in [-0.15, -0.1) is 0 Å². The van der Waals surface area contributed by atoms with Crippen LogP contribution in [0.25, 0.3) is 0 Å². The lowest BCUT2D eigenvalue weighted by atomic mass is 10.1. The largest absolute Gasteiger partial charge is 0.480 e. The Morgan fingerprint density at radius 2 is 2.00 bits per heavy atom. The number of carboxylic acids is 1. The second kappa shape index (κ2) is 3.97. The Kier molecular flexibility index (Phi) is 2.93. The molecule has 76 valence electrons. The van der Waals surface area contributed by atoms with Crippen LogP contribution >= 0.6 is 0 Å². The Balaban J connectivity index is 2.78. The fourth-order valence-electron chi connectivity index (χ4n) is 1.09. The molecule has 1 atom stereocenters. The summed E-state index contributed by atoms with van der Waals surface area (Å²) in [7, 11) is 0. The molecule has 0 radical (unpaired) electrons. The van der Waals surface area contributed by atoms with E-state index in [0.717, 1.165) is 5.56 Å². The van der Waals surface area contributed by atoms with Crippen LogP contribution in [-0.2, 0) is 11.2 Å². The fourth-order valence-corrected chi connectivity index (χ4v) is 1.09. The Morgan fingerprint density at radius 1 is 1.36 bits per heavy atom. The third-order valence-electron chi connectivity index (χ3n) is 1.92. The van der Waals surface area contributed by atoms with Gasteiger partial charge in [0.25, 0.3) is 0 Å². The van der Waals surface area contributed by atoms with E-state index in [1.807, 2.05) is 0 Å². The molecule has 0 amide bonds. The van der Waals surface area contributed by atoms with Crippen LogP contribution in [0.3, 0.4) is 0 Å². The average Bonchev–Trinajstić information content (AvgIpc) is 2.11. The lowest BCUT2D eigenvalue weighted by Gasteiger charge is -2.07. The molecule has 5 heteroatoms. The summed E-state index contributed by atoms with van der Waals surface area (Å²) in [5.41, 5.74) is 18.1. The highest BCUT2D eigenvalue weighted by Crippen LogP contribution is 2.16. The van der Waals surface area contributed by atoms with Gasteiger partial charge in [0, 0.05) is 0 Å². The number of nitrogens with two attached hydrogens (primary N) is 3. The Labute approximate surface area is 81.5 Å². The van der Waals surface area contributed by atoms with Crippen molar-refractivity contribution in [3.63, 3.8) is 0 Å². The van der Waals surface area contributed by atoms with E-state index in [9.17, 15) is 4.79 Å². The molecule has 1 rings (SSSR count). The van der Waals surface area contributed by atoms with Crippen LogP contribution in [0.1, 0.15) is 5.56 Å². The van der Waals surface area contributed by atoms with Crippen molar-refractivity contribution in [2.24, 2.45) is 5.73 Å². The molecule has 0 saturated carbocycles. The molecular weight excluding hydrogens is 182 g/mol. The summed E-state index contributed by atoms with van der Waals surface area (Å²) in [6.45, 7) is 0. The number of benzene rings is 1. The highest BCUT2D eigenvalue weighted by Gasteiger charge is 2.12. The predicted molar refractivity (Wildman–Crippen MR) is 54.6 cm³/mol. The van der Waals surface area contributed by atoms with E-state index in [2.05, 4.69) is 0 Å². The number of nitrogen functional groups attached to an aromatic ring is 2. The summed E-state index contributed by atoms with van der Waals surface area (Å²) in [6, 6.07) is 4.09. The van der Waals surface area contributed by atoms with Gasteiger partial charge in [-0.1, -0.05) is 6.07 Å². The van der Waals surface area contributed by atoms with Crippen LogP contribution in [0.15, 0.2) is 18.2 Å². The van der Waals surface area contributed by atoms with Crippen molar-refractivity contribution in [1.82, 2.24) is 0 Å². The predicted octanol–water partition coefficient (Wildman–Crippen LogP) is -0.195. The Hall–Kier alpha value is -1.75. The van der Waals surface area contributed by atoms with Crippen molar-refractivity contribution in [3.05, 3.63) is 23.8 Å². The lowest BCUT2D eigenvalue weighted by Crippen LogP contribution is -2.32. The second-order valence-corrected chi connectivity index (χ2v) is 3.11. The minimum absolute atomic E-state index is 0.250. The molecule has 0 saturated heterocycles. The summed E-state index contributed by atoms with van der Waals surface area (Å²) < 4.78 is 0. The van der Waals surface area contributed by atoms with Gasteiger partial charge in [-0.05, 0) is 24.1 Å². The molecule has 0 unspecified atom stereocenters. The van der Waals surface area contributed by atoms with Crippen LogP contribution < -0.4 is 17.2 Å². The Morgan fingerprint density at radius 3 is 2.50 bits per heavy atom. The average molecular weight is 195 g/mol. The first kappa shape index (κ1) is 10.3. The number of rotatable bonds is 3. The molecular formula is C9H13N3O2. The molecule has 14 heavy (non-hydrogen) atoms. The number of carbonyl (C=O) groups is 1. The lowest BCUT2D eigenvalue weighted by molar-refractivity contribution is -0.138. The second-order valence-electron chi connectivity index (χ2n) is 3.11. The van der Waals surface area contributed by atoms with Crippen LogP contribution in [0.5, 0.6) is 0 Å². The van der Waals surface area contributed by atoms with E-state index in [0.29, 0.717) is 11.4 Å². The number of hydrogen-bond acceptors (Lipinski definition) is 4. The Bertz CT molecular complexity index is 352. The quantitative estimate of drug-likeness (QED) is 0.499. The molecule has 5 nitrogen and oxygen atoms in total. The summed E-state index contributed by atoms with van der Waals surface area (Å²) in [6.07, 6.45) is 0.250. The van der Waals surface area contributed by atoms with Gasteiger partial charge in [0.05, 0.1) is 11.4 Å². The molecule has 0 spiro atoms. The summed E-state index contributed by atoms with van der Waals surface area (Å²) >= 11 is 0. The smallest absolute Gasteiger partial charge is 0.320 e. The minimum atomic E-state index is -1.03. The van der Waals surface area contributed by atoms with Crippen LogP contribution in [0.4, 0.5) is 11.4 Å². The zero-order chi connectivity index (χ0) is 10.7. The minimum Gasteiger partial charge on any atom is -0.480 e. The molecule has 1 aromatic rings. The van der Waals surface area contributed by atoms with E-state index in [4.69, 9.17) is 22.3 Å². The monoisotopic (exact) mass is 195 g/mol.